The Balaban J connectivity index is 0.00000144. The van der Waals surface area contributed by atoms with E-state index in [0.717, 1.165) is 28.7 Å². The van der Waals surface area contributed by atoms with Crippen molar-refractivity contribution < 1.29 is 7.65 Å². The highest BCUT2D eigenvalue weighted by molar-refractivity contribution is 5.97. The summed E-state index contributed by atoms with van der Waals surface area (Å²) in [5, 5.41) is 1.05. The monoisotopic (exact) mass is 300 g/mol. The van der Waals surface area contributed by atoms with Crippen molar-refractivity contribution >= 4 is 16.9 Å². The molecule has 2 N–H and O–H groups in total. The number of nitrogens with one attached hydrogen (secondary N) is 2. The van der Waals surface area contributed by atoms with Crippen molar-refractivity contribution in [2.45, 2.75) is 13.8 Å². The molecule has 0 atom stereocenters. The number of pyridine rings is 1. The van der Waals surface area contributed by atoms with Gasteiger partial charge in [0, 0.05) is 46.0 Å². The predicted octanol–water partition coefficient (Wildman–Crippen LogP) is 3.78. The summed E-state index contributed by atoms with van der Waals surface area (Å²) in [6.07, 6.45) is 5.52. The fourth-order valence-electron chi connectivity index (χ4n) is 2.72. The largest absolute Gasteiger partial charge is 0.357 e. The summed E-state index contributed by atoms with van der Waals surface area (Å²) in [5.41, 5.74) is 3.52. The van der Waals surface area contributed by atoms with Crippen LogP contribution in [0.25, 0.3) is 22.2 Å². The average Bonchev–Trinajstić information content (AvgIpc) is 3.14. The molecule has 0 fully saturated rings. The van der Waals surface area contributed by atoms with Crippen molar-refractivity contribution in [1.29, 1.82) is 0 Å². The lowest BCUT2D eigenvalue weighted by atomic mass is 10.1. The topological polar surface area (TPSA) is 64.8 Å². The highest BCUT2D eigenvalue weighted by Gasteiger charge is 2.16. The molecule has 3 aromatic rings. The maximum absolute atomic E-state index is 12.4. The molecular formula is C17H24N4O. The Morgan fingerprint density at radius 3 is 2.95 bits per heavy atom. The molecule has 0 aliphatic rings. The second-order valence-corrected chi connectivity index (χ2v) is 5.98. The summed E-state index contributed by atoms with van der Waals surface area (Å²) in [7, 11) is 1.83. The van der Waals surface area contributed by atoms with Gasteiger partial charge in [0.05, 0.1) is 0 Å². The van der Waals surface area contributed by atoms with Crippen LogP contribution in [0.15, 0.2) is 36.8 Å². The minimum atomic E-state index is 0. The second-order valence-electron chi connectivity index (χ2n) is 5.98. The van der Waals surface area contributed by atoms with E-state index in [2.05, 4.69) is 28.8 Å². The summed E-state index contributed by atoms with van der Waals surface area (Å²) in [6, 6.07) is 5.86. The van der Waals surface area contributed by atoms with Gasteiger partial charge in [-0.1, -0.05) is 13.8 Å². The fraction of sp³-hybridized carbons (Fsp3) is 0.294. The number of amides is 1. The van der Waals surface area contributed by atoms with Crippen LogP contribution >= 0.6 is 0 Å². The molecule has 0 bridgehead atoms. The van der Waals surface area contributed by atoms with E-state index in [-0.39, 0.29) is 8.76 Å². The van der Waals surface area contributed by atoms with Crippen LogP contribution in [0.3, 0.4) is 0 Å². The van der Waals surface area contributed by atoms with E-state index >= 15 is 0 Å². The van der Waals surface area contributed by atoms with Crippen LogP contribution in [0.4, 0.5) is 0 Å². The summed E-state index contributed by atoms with van der Waals surface area (Å²) < 4.78 is 0. The van der Waals surface area contributed by atoms with Gasteiger partial charge in [-0.25, -0.2) is 4.98 Å². The van der Waals surface area contributed by atoms with Crippen LogP contribution in [0, 0.1) is 5.92 Å². The first kappa shape index (κ1) is 14.4. The number of H-pyrrole nitrogens is 2. The maximum Gasteiger partial charge on any atom is 0.270 e. The number of aromatic nitrogens is 3. The Labute approximate surface area is 132 Å². The van der Waals surface area contributed by atoms with Gasteiger partial charge in [-0.3, -0.25) is 4.79 Å². The number of rotatable bonds is 4. The highest BCUT2D eigenvalue weighted by atomic mass is 16.2. The van der Waals surface area contributed by atoms with Gasteiger partial charge in [-0.05, 0) is 29.7 Å². The van der Waals surface area contributed by atoms with E-state index in [4.69, 9.17) is 0 Å². The normalized spacial score (nSPS) is 11.3. The molecule has 0 aromatic carbocycles. The molecule has 0 aliphatic carbocycles. The lowest BCUT2D eigenvalue weighted by Crippen LogP contribution is -2.30. The Bertz CT molecular complexity index is 810. The third-order valence-corrected chi connectivity index (χ3v) is 3.67. The van der Waals surface area contributed by atoms with Crippen LogP contribution in [0.2, 0.25) is 0 Å². The molecule has 3 heterocycles. The zero-order valence-corrected chi connectivity index (χ0v) is 13.1. The molecule has 0 aliphatic heterocycles. The van der Waals surface area contributed by atoms with Crippen molar-refractivity contribution in [3.05, 3.63) is 42.5 Å². The molecule has 0 unspecified atom stereocenters. The van der Waals surface area contributed by atoms with Crippen LogP contribution in [-0.2, 0) is 0 Å². The molecule has 5 heteroatoms. The minimum absolute atomic E-state index is 0. The Morgan fingerprint density at radius 1 is 1.36 bits per heavy atom. The van der Waals surface area contributed by atoms with Crippen LogP contribution in [0.5, 0.6) is 0 Å². The Morgan fingerprint density at radius 2 is 2.18 bits per heavy atom. The van der Waals surface area contributed by atoms with Crippen LogP contribution < -0.4 is 0 Å². The molecule has 22 heavy (non-hydrogen) atoms. The van der Waals surface area contributed by atoms with Crippen molar-refractivity contribution in [3.8, 4) is 11.1 Å². The van der Waals surface area contributed by atoms with Crippen molar-refractivity contribution in [2.24, 2.45) is 5.92 Å². The molecule has 118 valence electrons. The van der Waals surface area contributed by atoms with E-state index in [1.165, 1.54) is 0 Å². The number of carbonyl (C=O) groups excluding carboxylic acids is 1. The summed E-state index contributed by atoms with van der Waals surface area (Å²) in [4.78, 5) is 24.6. The second kappa shape index (κ2) is 5.67. The highest BCUT2D eigenvalue weighted by Crippen LogP contribution is 2.27. The molecule has 0 saturated heterocycles. The van der Waals surface area contributed by atoms with E-state index in [1.54, 1.807) is 11.1 Å². The number of aromatic amines is 2. The Kier molecular flexibility index (Phi) is 3.71. The zero-order chi connectivity index (χ0) is 15.7. The molecule has 0 saturated carbocycles. The fourth-order valence-corrected chi connectivity index (χ4v) is 2.72. The maximum atomic E-state index is 12.4. The number of fused-ring (bicyclic) bond motifs is 1. The summed E-state index contributed by atoms with van der Waals surface area (Å²) in [6.45, 7) is 4.94. The first-order valence-electron chi connectivity index (χ1n) is 7.42. The van der Waals surface area contributed by atoms with Gasteiger partial charge >= 0.3 is 0 Å². The lowest BCUT2D eigenvalue weighted by molar-refractivity contribution is 0.0774. The Hall–Kier alpha value is -2.56. The number of hydrogen-bond acceptors (Lipinski definition) is 2. The average molecular weight is 300 g/mol. The first-order chi connectivity index (χ1) is 10.6. The minimum Gasteiger partial charge on any atom is -0.357 e. The van der Waals surface area contributed by atoms with E-state index < -0.39 is 0 Å². The van der Waals surface area contributed by atoms with Gasteiger partial charge in [0.1, 0.15) is 11.3 Å². The van der Waals surface area contributed by atoms with Gasteiger partial charge < -0.3 is 14.9 Å². The summed E-state index contributed by atoms with van der Waals surface area (Å²) in [5.74, 6) is 0.461. The molecular weight excluding hydrogens is 276 g/mol. The van der Waals surface area contributed by atoms with Gasteiger partial charge in [0.15, 0.2) is 0 Å². The molecule has 0 radical (unpaired) electrons. The van der Waals surface area contributed by atoms with Gasteiger partial charge in [-0.15, -0.1) is 0 Å². The van der Waals surface area contributed by atoms with Gasteiger partial charge in [0.25, 0.3) is 5.91 Å². The summed E-state index contributed by atoms with van der Waals surface area (Å²) >= 11 is 0. The van der Waals surface area contributed by atoms with Crippen molar-refractivity contribution in [3.63, 3.8) is 0 Å². The molecule has 0 spiro atoms. The molecule has 3 aromatic heterocycles. The lowest BCUT2D eigenvalue weighted by Gasteiger charge is -2.18. The SMILES string of the molecule is CC(C)CN(C)C(=O)c1cc(-c2ccnc3[nH]ccc23)c[nH]1.[HH].[HH]. The van der Waals surface area contributed by atoms with Crippen molar-refractivity contribution in [2.75, 3.05) is 13.6 Å². The molecule has 5 nitrogen and oxygen atoms in total. The van der Waals surface area contributed by atoms with Gasteiger partial charge in [0.2, 0.25) is 0 Å². The van der Waals surface area contributed by atoms with Crippen molar-refractivity contribution in [1.82, 2.24) is 19.9 Å². The third-order valence-electron chi connectivity index (χ3n) is 3.67. The van der Waals surface area contributed by atoms with E-state index in [9.17, 15) is 4.79 Å². The van der Waals surface area contributed by atoms with Crippen LogP contribution in [-0.4, -0.2) is 39.4 Å². The molecule has 3 rings (SSSR count). The predicted molar refractivity (Wildman–Crippen MR) is 91.9 cm³/mol. The number of nitrogens with zero attached hydrogens (tertiary/aromatic N) is 2. The number of carbonyl (C=O) groups is 1. The third kappa shape index (κ3) is 2.62. The first-order valence-corrected chi connectivity index (χ1v) is 7.42. The van der Waals surface area contributed by atoms with Gasteiger partial charge in [-0.2, -0.15) is 0 Å². The number of hydrogen-bond donors (Lipinski definition) is 2. The van der Waals surface area contributed by atoms with Crippen LogP contribution in [0.1, 0.15) is 27.2 Å². The van der Waals surface area contributed by atoms with E-state index in [1.807, 2.05) is 37.6 Å². The van der Waals surface area contributed by atoms with E-state index in [0.29, 0.717) is 11.6 Å². The standard InChI is InChI=1S/C17H20N4O.2H2/c1-11(2)10-21(3)17(22)15-8-12(9-20-15)13-4-6-18-16-14(13)5-7-19-16;;/h4-9,11,20H,10H2,1-3H3,(H,18,19);2*1H. The quantitative estimate of drug-likeness (QED) is 0.770. The zero-order valence-electron chi connectivity index (χ0n) is 13.1. The molecule has 1 amide bonds. The smallest absolute Gasteiger partial charge is 0.270 e.